The molecule has 3 heteroatoms. The Kier molecular flexibility index (Phi) is 8.26. The van der Waals surface area contributed by atoms with Gasteiger partial charge in [0.05, 0.1) is 0 Å². The molecule has 15 rings (SSSR count). The van der Waals surface area contributed by atoms with Gasteiger partial charge in [-0.25, -0.2) is 0 Å². The summed E-state index contributed by atoms with van der Waals surface area (Å²) in [6.45, 7) is 14.5. The molecule has 3 aliphatic rings. The number of hydrogen-bond acceptors (Lipinski definition) is 3. The number of anilines is 3. The van der Waals surface area contributed by atoms with Crippen molar-refractivity contribution in [2.24, 2.45) is 0 Å². The van der Waals surface area contributed by atoms with Crippen molar-refractivity contribution in [1.29, 1.82) is 0 Å². The van der Waals surface area contributed by atoms with Gasteiger partial charge in [-0.1, -0.05) is 187 Å². The maximum Gasteiger partial charge on any atom is 0.144 e. The Bertz CT molecular complexity index is 4300. The van der Waals surface area contributed by atoms with Crippen molar-refractivity contribution >= 4 is 60.9 Å². The van der Waals surface area contributed by atoms with Crippen molar-refractivity contribution in [1.82, 2.24) is 0 Å². The minimum atomic E-state index is -0.336. The molecule has 0 spiro atoms. The lowest BCUT2D eigenvalue weighted by Crippen LogP contribution is -2.24. The van der Waals surface area contributed by atoms with Crippen LogP contribution in [0.2, 0.25) is 0 Å². The predicted octanol–water partition coefficient (Wildman–Crippen LogP) is 19.2. The van der Waals surface area contributed by atoms with E-state index in [9.17, 15) is 0 Å². The van der Waals surface area contributed by atoms with Crippen molar-refractivity contribution in [3.8, 4) is 55.6 Å². The zero-order chi connectivity index (χ0) is 48.4. The summed E-state index contributed by atoms with van der Waals surface area (Å²) in [6, 6.07) is 73.4. The van der Waals surface area contributed by atoms with Gasteiger partial charge < -0.3 is 13.7 Å². The molecule has 2 heterocycles. The summed E-state index contributed by atoms with van der Waals surface area (Å²) in [6.07, 6.45) is 0. The SMILES string of the molecule is CC1(C)c2cc(N(c3ccccc3)c3ccc4c(c3)C(C)(C)c3c5c(c6oc7ccccc7c6c3-4)-c3ccccc3C5(C)C)ccc2-c2c1cc(-c1ccccc1-c1ccccc1)c1oc3ccccc3c21. The molecule has 0 fully saturated rings. The van der Waals surface area contributed by atoms with Gasteiger partial charge in [-0.05, 0) is 132 Å². The van der Waals surface area contributed by atoms with Gasteiger partial charge in [-0.2, -0.15) is 0 Å². The Morgan fingerprint density at radius 2 is 0.806 bits per heavy atom. The second-order valence-electron chi connectivity index (χ2n) is 21.9. The Balaban J connectivity index is 0.932. The monoisotopic (exact) mass is 925 g/mol. The van der Waals surface area contributed by atoms with Gasteiger partial charge in [0.1, 0.15) is 22.3 Å². The number of benzene rings is 10. The van der Waals surface area contributed by atoms with Crippen molar-refractivity contribution in [2.75, 3.05) is 4.90 Å². The highest BCUT2D eigenvalue weighted by atomic mass is 16.3. The van der Waals surface area contributed by atoms with Crippen molar-refractivity contribution in [2.45, 2.75) is 57.8 Å². The standard InChI is InChI=1S/C69H51NO2/c1-67(2)53-37-42(33-35-47(53)58-55(67)39-51(65-60(58)49-28-16-19-31-56(49)71-65)45-26-14-13-25-44(45)40-21-9-7-10-22-40)70(41-23-11-8-12-24-41)43-34-36-48-54(38-43)69(5,6)63-59(48)61-50-29-17-20-32-57(50)72-66(61)62-46-27-15-18-30-52(46)68(3,4)64(62)63/h7-39H,1-6H3. The molecular formula is C69H51NO2. The van der Waals surface area contributed by atoms with Crippen LogP contribution in [-0.4, -0.2) is 0 Å². The topological polar surface area (TPSA) is 29.5 Å². The fourth-order valence-corrected chi connectivity index (χ4v) is 13.7. The number of rotatable bonds is 5. The van der Waals surface area contributed by atoms with E-state index in [0.717, 1.165) is 50.3 Å². The smallest absolute Gasteiger partial charge is 0.144 e. The number of fused-ring (bicyclic) bond motifs is 19. The quantitative estimate of drug-likeness (QED) is 0.172. The van der Waals surface area contributed by atoms with Crippen molar-refractivity contribution in [3.05, 3.63) is 234 Å². The molecule has 0 unspecified atom stereocenters. The van der Waals surface area contributed by atoms with Crippen LogP contribution in [0.1, 0.15) is 74.9 Å². The number of nitrogens with zero attached hydrogens (tertiary/aromatic N) is 1. The first-order valence-corrected chi connectivity index (χ1v) is 25.4. The second-order valence-corrected chi connectivity index (χ2v) is 21.9. The molecule has 0 aliphatic heterocycles. The highest BCUT2D eigenvalue weighted by molar-refractivity contribution is 6.22. The third-order valence-electron chi connectivity index (χ3n) is 17.0. The number of hydrogen-bond donors (Lipinski definition) is 0. The van der Waals surface area contributed by atoms with E-state index in [2.05, 4.69) is 247 Å². The van der Waals surface area contributed by atoms with Gasteiger partial charge in [-0.3, -0.25) is 0 Å². The first-order chi connectivity index (χ1) is 35.0. The maximum absolute atomic E-state index is 6.99. The molecule has 0 bridgehead atoms. The van der Waals surface area contributed by atoms with Gasteiger partial charge in [0.15, 0.2) is 0 Å². The Labute approximate surface area is 419 Å². The lowest BCUT2D eigenvalue weighted by Gasteiger charge is -2.32. The molecule has 3 nitrogen and oxygen atoms in total. The molecule has 2 aromatic heterocycles. The second kappa shape index (κ2) is 14.4. The van der Waals surface area contributed by atoms with Crippen LogP contribution in [0, 0.1) is 0 Å². The zero-order valence-electron chi connectivity index (χ0n) is 41.3. The van der Waals surface area contributed by atoms with E-state index in [1.54, 1.807) is 0 Å². The van der Waals surface area contributed by atoms with E-state index < -0.39 is 0 Å². The van der Waals surface area contributed by atoms with E-state index in [-0.39, 0.29) is 16.2 Å². The maximum atomic E-state index is 6.99. The van der Waals surface area contributed by atoms with Crippen LogP contribution in [0.25, 0.3) is 99.5 Å². The lowest BCUT2D eigenvalue weighted by molar-refractivity contribution is 0.600. The summed E-state index contributed by atoms with van der Waals surface area (Å²) < 4.78 is 14.0. The van der Waals surface area contributed by atoms with E-state index in [1.807, 2.05) is 0 Å². The Hall–Kier alpha value is -8.40. The summed E-state index contributed by atoms with van der Waals surface area (Å²) >= 11 is 0. The summed E-state index contributed by atoms with van der Waals surface area (Å²) in [5, 5.41) is 4.71. The molecule has 0 atom stereocenters. The minimum absolute atomic E-state index is 0.226. The van der Waals surface area contributed by atoms with Gasteiger partial charge in [-0.15, -0.1) is 0 Å². The molecule has 344 valence electrons. The highest BCUT2D eigenvalue weighted by Crippen LogP contribution is 2.64. The van der Waals surface area contributed by atoms with E-state index >= 15 is 0 Å². The average molecular weight is 926 g/mol. The average Bonchev–Trinajstić information content (AvgIpc) is 4.17. The van der Waals surface area contributed by atoms with Gasteiger partial charge in [0.25, 0.3) is 0 Å². The van der Waals surface area contributed by atoms with E-state index in [1.165, 1.54) is 99.6 Å². The summed E-state index contributed by atoms with van der Waals surface area (Å²) in [5.74, 6) is 0. The van der Waals surface area contributed by atoms with Gasteiger partial charge in [0.2, 0.25) is 0 Å². The number of furan rings is 2. The third-order valence-corrected chi connectivity index (χ3v) is 17.0. The Morgan fingerprint density at radius 3 is 1.49 bits per heavy atom. The molecular weight excluding hydrogens is 875 g/mol. The van der Waals surface area contributed by atoms with Gasteiger partial charge >= 0.3 is 0 Å². The van der Waals surface area contributed by atoms with Crippen LogP contribution in [0.15, 0.2) is 209 Å². The van der Waals surface area contributed by atoms with Crippen molar-refractivity contribution < 1.29 is 8.83 Å². The molecule has 12 aromatic rings. The molecule has 0 N–H and O–H groups in total. The molecule has 3 aliphatic carbocycles. The lowest BCUT2D eigenvalue weighted by atomic mass is 9.72. The first kappa shape index (κ1) is 41.4. The third kappa shape index (κ3) is 5.35. The van der Waals surface area contributed by atoms with Crippen molar-refractivity contribution in [3.63, 3.8) is 0 Å². The fraction of sp³-hybridized carbons (Fsp3) is 0.130. The summed E-state index contributed by atoms with van der Waals surface area (Å²) in [4.78, 5) is 2.47. The molecule has 0 radical (unpaired) electrons. The van der Waals surface area contributed by atoms with Crippen LogP contribution in [-0.2, 0) is 16.2 Å². The molecule has 0 amide bonds. The fourth-order valence-electron chi connectivity index (χ4n) is 13.7. The Morgan fingerprint density at radius 1 is 0.319 bits per heavy atom. The largest absolute Gasteiger partial charge is 0.455 e. The highest BCUT2D eigenvalue weighted by Gasteiger charge is 2.49. The molecule has 10 aromatic carbocycles. The first-order valence-electron chi connectivity index (χ1n) is 25.4. The van der Waals surface area contributed by atoms with Crippen LogP contribution in [0.3, 0.4) is 0 Å². The van der Waals surface area contributed by atoms with Crippen LogP contribution in [0.5, 0.6) is 0 Å². The van der Waals surface area contributed by atoms with Crippen LogP contribution in [0.4, 0.5) is 17.1 Å². The normalized spacial score (nSPS) is 15.1. The van der Waals surface area contributed by atoms with Gasteiger partial charge in [0, 0.05) is 66.0 Å². The van der Waals surface area contributed by atoms with E-state index in [4.69, 9.17) is 8.83 Å². The van der Waals surface area contributed by atoms with E-state index in [0.29, 0.717) is 0 Å². The minimum Gasteiger partial charge on any atom is -0.455 e. The van der Waals surface area contributed by atoms with Crippen LogP contribution < -0.4 is 4.90 Å². The molecule has 0 saturated heterocycles. The summed E-state index contributed by atoms with van der Waals surface area (Å²) in [5.41, 5.74) is 26.6. The summed E-state index contributed by atoms with van der Waals surface area (Å²) in [7, 11) is 0. The van der Waals surface area contributed by atoms with Crippen LogP contribution >= 0.6 is 0 Å². The number of para-hydroxylation sites is 3. The molecule has 0 saturated carbocycles. The molecule has 72 heavy (non-hydrogen) atoms. The predicted molar refractivity (Wildman–Crippen MR) is 299 cm³/mol. The zero-order valence-corrected chi connectivity index (χ0v) is 41.3.